The van der Waals surface area contributed by atoms with Crippen LogP contribution < -0.4 is 4.90 Å². The fourth-order valence-corrected chi connectivity index (χ4v) is 13.2. The van der Waals surface area contributed by atoms with Crippen molar-refractivity contribution in [2.45, 2.75) is 29.1 Å². The number of anilines is 3. The minimum Gasteiger partial charge on any atom is -0.309 e. The summed E-state index contributed by atoms with van der Waals surface area (Å²) in [5.74, 6) is 0. The lowest BCUT2D eigenvalue weighted by molar-refractivity contribution is 0.661. The molecule has 0 saturated heterocycles. The number of fused-ring (bicyclic) bond motifs is 14. The van der Waals surface area contributed by atoms with E-state index in [4.69, 9.17) is 0 Å². The Hall–Kier alpha value is -8.37. The molecule has 0 bridgehead atoms. The highest BCUT2D eigenvalue weighted by atomic mass is 32.2. The quantitative estimate of drug-likeness (QED) is 0.174. The molecule has 15 rings (SSSR count). The Morgan fingerprint density at radius 1 is 0.357 bits per heavy atom. The van der Waals surface area contributed by atoms with E-state index < -0.39 is 0 Å². The maximum Gasteiger partial charge on any atom is 0.0608 e. The monoisotopic (exact) mass is 908 g/mol. The number of hydrogen-bond donors (Lipinski definition) is 0. The predicted molar refractivity (Wildman–Crippen MR) is 298 cm³/mol. The van der Waals surface area contributed by atoms with Gasteiger partial charge in [-0.1, -0.05) is 183 Å². The molecule has 0 fully saturated rings. The Kier molecular flexibility index (Phi) is 8.38. The van der Waals surface area contributed by atoms with Crippen molar-refractivity contribution < 1.29 is 0 Å². The second-order valence-corrected chi connectivity index (χ2v) is 20.8. The first-order valence-corrected chi connectivity index (χ1v) is 25.1. The molecule has 13 aromatic rings. The third kappa shape index (κ3) is 5.82. The molecular formula is C67H44N2S. The van der Waals surface area contributed by atoms with Crippen molar-refractivity contribution in [2.24, 2.45) is 0 Å². The van der Waals surface area contributed by atoms with Crippen LogP contribution in [0.1, 0.15) is 25.0 Å². The molecule has 1 aliphatic carbocycles. The van der Waals surface area contributed by atoms with Gasteiger partial charge in [0, 0.05) is 37.4 Å². The minimum absolute atomic E-state index is 0.0961. The first kappa shape index (κ1) is 39.6. The lowest BCUT2D eigenvalue weighted by Crippen LogP contribution is -2.15. The van der Waals surface area contributed by atoms with Gasteiger partial charge in [0.1, 0.15) is 0 Å². The van der Waals surface area contributed by atoms with Gasteiger partial charge in [-0.3, -0.25) is 0 Å². The highest BCUT2D eigenvalue weighted by molar-refractivity contribution is 7.99. The molecule has 1 aromatic heterocycles. The third-order valence-electron chi connectivity index (χ3n) is 15.5. The minimum atomic E-state index is -0.0961. The summed E-state index contributed by atoms with van der Waals surface area (Å²) < 4.78 is 2.51. The van der Waals surface area contributed by atoms with Crippen LogP contribution in [0.4, 0.5) is 17.1 Å². The second kappa shape index (κ2) is 14.8. The van der Waals surface area contributed by atoms with Gasteiger partial charge in [-0.05, 0) is 160 Å². The molecule has 12 aromatic carbocycles. The van der Waals surface area contributed by atoms with Crippen LogP contribution in [0.25, 0.3) is 104 Å². The zero-order chi connectivity index (χ0) is 46.2. The first-order valence-electron chi connectivity index (χ1n) is 24.3. The van der Waals surface area contributed by atoms with Crippen molar-refractivity contribution in [1.82, 2.24) is 4.57 Å². The summed E-state index contributed by atoms with van der Waals surface area (Å²) in [5.41, 5.74) is 17.3. The molecule has 2 nitrogen and oxygen atoms in total. The number of hydrogen-bond acceptors (Lipinski definition) is 2. The molecule has 3 heteroatoms. The van der Waals surface area contributed by atoms with E-state index in [1.54, 1.807) is 0 Å². The van der Waals surface area contributed by atoms with E-state index in [0.717, 1.165) is 5.69 Å². The molecule has 70 heavy (non-hydrogen) atoms. The SMILES string of the molecule is CC1(C)c2ccc(-n3c4ccc(-c5ccc6c(c5)Sc5cc7ccccc7cc5N6c5cccc(-c6ccc7ccccc7c6)c5)cc4c4c5ccccc5ccc43)cc2-c2c1ccc1ccccc21. The number of nitrogens with zero attached hydrogens (tertiary/aromatic N) is 2. The topological polar surface area (TPSA) is 8.17 Å². The fourth-order valence-electron chi connectivity index (χ4n) is 12.0. The molecule has 0 amide bonds. The molecule has 328 valence electrons. The van der Waals surface area contributed by atoms with Crippen LogP contribution in [0, 0.1) is 0 Å². The highest BCUT2D eigenvalue weighted by Crippen LogP contribution is 2.55. The Labute approximate surface area is 410 Å². The molecule has 0 atom stereocenters. The number of aromatic nitrogens is 1. The molecule has 2 heterocycles. The van der Waals surface area contributed by atoms with Crippen LogP contribution in [0.15, 0.2) is 240 Å². The fraction of sp³-hybridized carbons (Fsp3) is 0.0448. The average molecular weight is 909 g/mol. The molecule has 0 saturated carbocycles. The summed E-state index contributed by atoms with van der Waals surface area (Å²) in [6.45, 7) is 4.75. The van der Waals surface area contributed by atoms with Gasteiger partial charge in [-0.25, -0.2) is 0 Å². The Morgan fingerprint density at radius 2 is 0.957 bits per heavy atom. The second-order valence-electron chi connectivity index (χ2n) is 19.7. The molecule has 0 N–H and O–H groups in total. The van der Waals surface area contributed by atoms with E-state index in [0.29, 0.717) is 0 Å². The maximum absolute atomic E-state index is 2.51. The van der Waals surface area contributed by atoms with Crippen LogP contribution in [-0.4, -0.2) is 4.57 Å². The average Bonchev–Trinajstić information content (AvgIpc) is 3.87. The van der Waals surface area contributed by atoms with Crippen LogP contribution in [0.5, 0.6) is 0 Å². The normalized spacial score (nSPS) is 13.6. The summed E-state index contributed by atoms with van der Waals surface area (Å²) in [6.07, 6.45) is 0. The lowest BCUT2D eigenvalue weighted by atomic mass is 9.82. The largest absolute Gasteiger partial charge is 0.309 e. The molecule has 0 radical (unpaired) electrons. The summed E-state index contributed by atoms with van der Waals surface area (Å²) >= 11 is 1.88. The van der Waals surface area contributed by atoms with Gasteiger partial charge in [-0.2, -0.15) is 0 Å². The van der Waals surface area contributed by atoms with E-state index in [9.17, 15) is 0 Å². The van der Waals surface area contributed by atoms with E-state index in [-0.39, 0.29) is 5.41 Å². The van der Waals surface area contributed by atoms with Crippen LogP contribution in [-0.2, 0) is 5.41 Å². The van der Waals surface area contributed by atoms with E-state index >= 15 is 0 Å². The van der Waals surface area contributed by atoms with Crippen molar-refractivity contribution in [3.63, 3.8) is 0 Å². The Bertz CT molecular complexity index is 4380. The van der Waals surface area contributed by atoms with Crippen molar-refractivity contribution >= 4 is 93.7 Å². The van der Waals surface area contributed by atoms with Crippen LogP contribution in [0.3, 0.4) is 0 Å². The molecule has 2 aliphatic rings. The van der Waals surface area contributed by atoms with Gasteiger partial charge in [0.25, 0.3) is 0 Å². The molecular weight excluding hydrogens is 865 g/mol. The van der Waals surface area contributed by atoms with Crippen molar-refractivity contribution in [2.75, 3.05) is 4.90 Å². The Balaban J connectivity index is 0.893. The van der Waals surface area contributed by atoms with Crippen molar-refractivity contribution in [1.29, 1.82) is 0 Å². The van der Waals surface area contributed by atoms with Gasteiger partial charge in [-0.15, -0.1) is 0 Å². The molecule has 1 aliphatic heterocycles. The van der Waals surface area contributed by atoms with E-state index in [1.807, 2.05) is 11.8 Å². The van der Waals surface area contributed by atoms with Gasteiger partial charge in [0.05, 0.1) is 22.4 Å². The number of rotatable bonds is 4. The standard InChI is InChI=1S/C67H44N2S/c1-67(2)57-30-28-52(40-55(57)65-53-20-9-7-13-42(53)24-29-58(65)67)68-59-31-26-49(36-56(59)66-54-21-10-8-14-43(54)25-33-61(66)68)50-27-32-60-63(39-50)70-64-38-47-17-6-5-16-46(47)37-62(64)69(60)51-19-11-18-45(35-51)48-23-22-41-12-3-4-15-44(41)34-48/h3-40H,1-2H3. The van der Waals surface area contributed by atoms with Crippen molar-refractivity contribution in [3.05, 3.63) is 242 Å². The van der Waals surface area contributed by atoms with Gasteiger partial charge < -0.3 is 9.47 Å². The maximum atomic E-state index is 2.51. The lowest BCUT2D eigenvalue weighted by Gasteiger charge is -2.34. The van der Waals surface area contributed by atoms with Crippen molar-refractivity contribution in [3.8, 4) is 39.1 Å². The Morgan fingerprint density at radius 3 is 1.80 bits per heavy atom. The molecule has 0 unspecified atom stereocenters. The summed E-state index contributed by atoms with van der Waals surface area (Å²) in [4.78, 5) is 4.96. The van der Waals surface area contributed by atoms with Gasteiger partial charge in [0.2, 0.25) is 0 Å². The zero-order valence-corrected chi connectivity index (χ0v) is 39.6. The summed E-state index contributed by atoms with van der Waals surface area (Å²) in [6, 6.07) is 86.4. The first-order chi connectivity index (χ1) is 34.4. The summed E-state index contributed by atoms with van der Waals surface area (Å²) in [7, 11) is 0. The summed E-state index contributed by atoms with van der Waals surface area (Å²) in [5, 5.41) is 12.6. The smallest absolute Gasteiger partial charge is 0.0608 e. The predicted octanol–water partition coefficient (Wildman–Crippen LogP) is 19.0. The zero-order valence-electron chi connectivity index (χ0n) is 38.7. The van der Waals surface area contributed by atoms with Gasteiger partial charge >= 0.3 is 0 Å². The van der Waals surface area contributed by atoms with E-state index in [1.165, 1.54) is 136 Å². The number of benzene rings is 12. The van der Waals surface area contributed by atoms with E-state index in [2.05, 4.69) is 254 Å². The van der Waals surface area contributed by atoms with Gasteiger partial charge in [0.15, 0.2) is 0 Å². The highest BCUT2D eigenvalue weighted by Gasteiger charge is 2.37. The van der Waals surface area contributed by atoms with Crippen LogP contribution in [0.2, 0.25) is 0 Å². The van der Waals surface area contributed by atoms with Crippen LogP contribution >= 0.6 is 11.8 Å². The molecule has 0 spiro atoms. The third-order valence-corrected chi connectivity index (χ3v) is 16.6.